The van der Waals surface area contributed by atoms with E-state index in [1.165, 1.54) is 25.1 Å². The number of nitro groups is 1. The Balaban J connectivity index is 2.26. The monoisotopic (exact) mass is 391 g/mol. The Kier molecular flexibility index (Phi) is 6.17. The molecular formula is C18H21N3O5S. The van der Waals surface area contributed by atoms with E-state index < -0.39 is 26.9 Å². The van der Waals surface area contributed by atoms with Gasteiger partial charge in [-0.15, -0.1) is 0 Å². The van der Waals surface area contributed by atoms with E-state index in [2.05, 4.69) is 5.32 Å². The fourth-order valence-corrected chi connectivity index (χ4v) is 3.86. The summed E-state index contributed by atoms with van der Waals surface area (Å²) < 4.78 is 25.4. The number of rotatable bonds is 7. The Bertz CT molecular complexity index is 959. The maximum Gasteiger partial charge on any atom is 0.271 e. The van der Waals surface area contributed by atoms with Crippen LogP contribution in [0.15, 0.2) is 48.5 Å². The lowest BCUT2D eigenvalue weighted by Gasteiger charge is -2.28. The number of non-ortho nitro benzene ring substituents is 1. The zero-order valence-corrected chi connectivity index (χ0v) is 16.1. The molecule has 0 aliphatic heterocycles. The summed E-state index contributed by atoms with van der Waals surface area (Å²) in [5.74, 6) is -0.504. The molecule has 9 heteroatoms. The van der Waals surface area contributed by atoms with Crippen LogP contribution in [0.3, 0.4) is 0 Å². The van der Waals surface area contributed by atoms with Crippen LogP contribution in [0.4, 0.5) is 11.4 Å². The SMILES string of the molecule is Cc1ccccc1CNC(=O)C(C)N(c1cccc([N+](=O)[O-])c1)S(C)(=O)=O. The molecule has 0 radical (unpaired) electrons. The van der Waals surface area contributed by atoms with Gasteiger partial charge in [0.1, 0.15) is 6.04 Å². The van der Waals surface area contributed by atoms with Gasteiger partial charge in [0.15, 0.2) is 0 Å². The number of sulfonamides is 1. The molecule has 1 N–H and O–H groups in total. The topological polar surface area (TPSA) is 110 Å². The van der Waals surface area contributed by atoms with Crippen molar-refractivity contribution in [2.45, 2.75) is 26.4 Å². The summed E-state index contributed by atoms with van der Waals surface area (Å²) in [5, 5.41) is 13.7. The van der Waals surface area contributed by atoms with Crippen molar-refractivity contribution in [3.05, 3.63) is 69.8 Å². The summed E-state index contributed by atoms with van der Waals surface area (Å²) in [6.07, 6.45) is 0.955. The van der Waals surface area contributed by atoms with Gasteiger partial charge in [0, 0.05) is 18.7 Å². The third kappa shape index (κ3) is 5.04. The lowest BCUT2D eigenvalue weighted by Crippen LogP contribution is -2.47. The second-order valence-corrected chi connectivity index (χ2v) is 8.02. The molecule has 2 rings (SSSR count). The molecule has 2 aromatic carbocycles. The van der Waals surface area contributed by atoms with Crippen molar-refractivity contribution in [1.82, 2.24) is 5.32 Å². The minimum atomic E-state index is -3.85. The fourth-order valence-electron chi connectivity index (χ4n) is 2.69. The predicted molar refractivity (Wildman–Crippen MR) is 103 cm³/mol. The number of hydrogen-bond donors (Lipinski definition) is 1. The van der Waals surface area contributed by atoms with Gasteiger partial charge in [-0.3, -0.25) is 19.2 Å². The van der Waals surface area contributed by atoms with Crippen LogP contribution in [0.25, 0.3) is 0 Å². The summed E-state index contributed by atoms with van der Waals surface area (Å²) >= 11 is 0. The van der Waals surface area contributed by atoms with Gasteiger partial charge in [-0.1, -0.05) is 30.3 Å². The van der Waals surface area contributed by atoms with E-state index >= 15 is 0 Å². The van der Waals surface area contributed by atoms with E-state index in [4.69, 9.17) is 0 Å². The molecule has 0 bridgehead atoms. The van der Waals surface area contributed by atoms with E-state index in [9.17, 15) is 23.3 Å². The van der Waals surface area contributed by atoms with Crippen molar-refractivity contribution in [3.63, 3.8) is 0 Å². The molecule has 8 nitrogen and oxygen atoms in total. The molecule has 0 heterocycles. The maximum atomic E-state index is 12.6. The standard InChI is InChI=1S/C18H21N3O5S/c1-13-7-4-5-8-15(13)12-19-18(22)14(2)20(27(3,25)26)16-9-6-10-17(11-16)21(23)24/h4-11,14H,12H2,1-3H3,(H,19,22). The van der Waals surface area contributed by atoms with Crippen molar-refractivity contribution in [1.29, 1.82) is 0 Å². The Hall–Kier alpha value is -2.94. The number of anilines is 1. The second-order valence-electron chi connectivity index (χ2n) is 6.16. The van der Waals surface area contributed by atoms with Gasteiger partial charge in [-0.05, 0) is 31.0 Å². The summed E-state index contributed by atoms with van der Waals surface area (Å²) in [6.45, 7) is 3.60. The molecule has 1 atom stereocenters. The van der Waals surface area contributed by atoms with Crippen molar-refractivity contribution < 1.29 is 18.1 Å². The lowest BCUT2D eigenvalue weighted by atomic mass is 10.1. The Morgan fingerprint density at radius 2 is 1.89 bits per heavy atom. The number of nitro benzene ring substituents is 1. The molecule has 0 aliphatic carbocycles. The van der Waals surface area contributed by atoms with Crippen LogP contribution in [0, 0.1) is 17.0 Å². The number of nitrogens with zero attached hydrogens (tertiary/aromatic N) is 2. The van der Waals surface area contributed by atoms with Gasteiger partial charge >= 0.3 is 0 Å². The molecule has 144 valence electrons. The first-order valence-corrected chi connectivity index (χ1v) is 10.0. The molecular weight excluding hydrogens is 370 g/mol. The zero-order chi connectivity index (χ0) is 20.2. The van der Waals surface area contributed by atoms with Gasteiger partial charge in [0.25, 0.3) is 5.69 Å². The highest BCUT2D eigenvalue weighted by Crippen LogP contribution is 2.25. The number of nitrogens with one attached hydrogen (secondary N) is 1. The van der Waals surface area contributed by atoms with Gasteiger partial charge in [-0.2, -0.15) is 0 Å². The van der Waals surface area contributed by atoms with Gasteiger partial charge in [0.2, 0.25) is 15.9 Å². The first kappa shape index (κ1) is 20.4. The molecule has 0 saturated heterocycles. The third-order valence-electron chi connectivity index (χ3n) is 4.10. The van der Waals surface area contributed by atoms with Crippen LogP contribution < -0.4 is 9.62 Å². The maximum absolute atomic E-state index is 12.6. The third-order valence-corrected chi connectivity index (χ3v) is 5.34. The number of carbonyl (C=O) groups excluding carboxylic acids is 1. The number of amides is 1. The van der Waals surface area contributed by atoms with E-state index in [-0.39, 0.29) is 17.9 Å². The van der Waals surface area contributed by atoms with Crippen LogP contribution in [0.2, 0.25) is 0 Å². The van der Waals surface area contributed by atoms with Crippen LogP contribution >= 0.6 is 0 Å². The van der Waals surface area contributed by atoms with Gasteiger partial charge in [-0.25, -0.2) is 8.42 Å². The Morgan fingerprint density at radius 3 is 2.48 bits per heavy atom. The minimum Gasteiger partial charge on any atom is -0.350 e. The summed E-state index contributed by atoms with van der Waals surface area (Å²) in [6, 6.07) is 11.6. The predicted octanol–water partition coefficient (Wildman–Crippen LogP) is 2.37. The highest BCUT2D eigenvalue weighted by Gasteiger charge is 2.30. The van der Waals surface area contributed by atoms with Crippen molar-refractivity contribution in [2.24, 2.45) is 0 Å². The number of hydrogen-bond acceptors (Lipinski definition) is 5. The number of aryl methyl sites for hydroxylation is 1. The average Bonchev–Trinajstić information content (AvgIpc) is 2.60. The average molecular weight is 391 g/mol. The molecule has 0 aliphatic rings. The van der Waals surface area contributed by atoms with E-state index in [1.54, 1.807) is 0 Å². The van der Waals surface area contributed by atoms with Crippen LogP contribution in [-0.2, 0) is 21.4 Å². The zero-order valence-electron chi connectivity index (χ0n) is 15.2. The second kappa shape index (κ2) is 8.17. The van der Waals surface area contributed by atoms with Gasteiger partial charge < -0.3 is 5.32 Å². The molecule has 1 unspecified atom stereocenters. The molecule has 27 heavy (non-hydrogen) atoms. The van der Waals surface area contributed by atoms with Crippen LogP contribution in [0.1, 0.15) is 18.1 Å². The van der Waals surface area contributed by atoms with Crippen molar-refractivity contribution in [3.8, 4) is 0 Å². The Morgan fingerprint density at radius 1 is 1.22 bits per heavy atom. The summed E-state index contributed by atoms with van der Waals surface area (Å²) in [7, 11) is -3.85. The number of benzene rings is 2. The largest absolute Gasteiger partial charge is 0.350 e. The van der Waals surface area contributed by atoms with Gasteiger partial charge in [0.05, 0.1) is 16.9 Å². The highest BCUT2D eigenvalue weighted by molar-refractivity contribution is 7.92. The van der Waals surface area contributed by atoms with Crippen molar-refractivity contribution in [2.75, 3.05) is 10.6 Å². The molecule has 2 aromatic rings. The van der Waals surface area contributed by atoms with E-state index in [1.807, 2.05) is 31.2 Å². The highest BCUT2D eigenvalue weighted by atomic mass is 32.2. The van der Waals surface area contributed by atoms with E-state index in [0.717, 1.165) is 27.8 Å². The summed E-state index contributed by atoms with van der Waals surface area (Å²) in [4.78, 5) is 22.9. The van der Waals surface area contributed by atoms with Crippen molar-refractivity contribution >= 4 is 27.3 Å². The number of carbonyl (C=O) groups is 1. The minimum absolute atomic E-state index is 0.0604. The van der Waals surface area contributed by atoms with Crippen LogP contribution in [-0.4, -0.2) is 31.5 Å². The normalized spacial score (nSPS) is 12.3. The first-order valence-electron chi connectivity index (χ1n) is 8.17. The molecule has 0 saturated carbocycles. The van der Waals surface area contributed by atoms with E-state index in [0.29, 0.717) is 0 Å². The fraction of sp³-hybridized carbons (Fsp3) is 0.278. The molecule has 0 aromatic heterocycles. The Labute approximate surface area is 158 Å². The van der Waals surface area contributed by atoms with Crippen LogP contribution in [0.5, 0.6) is 0 Å². The smallest absolute Gasteiger partial charge is 0.271 e. The first-order chi connectivity index (χ1) is 12.6. The quantitative estimate of drug-likeness (QED) is 0.576. The molecule has 0 fully saturated rings. The lowest BCUT2D eigenvalue weighted by molar-refractivity contribution is -0.384. The summed E-state index contributed by atoms with van der Waals surface area (Å²) in [5.41, 5.74) is 1.72. The molecule has 0 spiro atoms. The molecule has 1 amide bonds.